The van der Waals surface area contributed by atoms with Crippen molar-refractivity contribution in [1.82, 2.24) is 19.9 Å². The number of benzene rings is 3. The van der Waals surface area contributed by atoms with Crippen LogP contribution in [-0.4, -0.2) is 45.3 Å². The Labute approximate surface area is 247 Å². The summed E-state index contributed by atoms with van der Waals surface area (Å²) in [5.74, 6) is -0.306. The molecule has 0 bridgehead atoms. The third-order valence-corrected chi connectivity index (χ3v) is 6.50. The van der Waals surface area contributed by atoms with Crippen molar-refractivity contribution in [2.75, 3.05) is 29.5 Å². The van der Waals surface area contributed by atoms with Gasteiger partial charge in [0.25, 0.3) is 5.91 Å². The van der Waals surface area contributed by atoms with Gasteiger partial charge < -0.3 is 25.8 Å². The van der Waals surface area contributed by atoms with Crippen LogP contribution in [0.4, 0.5) is 23.0 Å². The largest absolute Gasteiger partial charge is 0.360 e. The Morgan fingerprint density at radius 2 is 1.79 bits per heavy atom. The zero-order valence-electron chi connectivity index (χ0n) is 22.6. The highest BCUT2D eigenvalue weighted by atomic mass is 35.5. The fourth-order valence-electron chi connectivity index (χ4n) is 4.18. The number of H-pyrrole nitrogens is 1. The Bertz CT molecular complexity index is 1840. The van der Waals surface area contributed by atoms with Crippen LogP contribution in [0, 0.1) is 12.5 Å². The second-order valence-corrected chi connectivity index (χ2v) is 9.69. The monoisotopic (exact) mass is 575 g/mol. The van der Waals surface area contributed by atoms with E-state index in [4.69, 9.17) is 18.0 Å². The van der Waals surface area contributed by atoms with Crippen molar-refractivity contribution >= 4 is 57.3 Å². The Kier molecular flexibility index (Phi) is 8.47. The van der Waals surface area contributed by atoms with E-state index in [-0.39, 0.29) is 11.8 Å². The second-order valence-electron chi connectivity index (χ2n) is 9.28. The summed E-state index contributed by atoms with van der Waals surface area (Å²) in [5.41, 5.74) is 4.55. The summed E-state index contributed by atoms with van der Waals surface area (Å²) in [5, 5.41) is 10.2. The SMILES string of the molecule is C#CN(C)C/C=C/C(=O)Nc1cccc(C(=O)Nc2cccc(Nc3ncc(Cl)c(-c4c[nH]c5ccccc45)n3)c2)c1. The van der Waals surface area contributed by atoms with E-state index in [2.05, 4.69) is 36.9 Å². The van der Waals surface area contributed by atoms with E-state index in [9.17, 15) is 9.59 Å². The summed E-state index contributed by atoms with van der Waals surface area (Å²) in [6.07, 6.45) is 11.8. The van der Waals surface area contributed by atoms with Crippen LogP contribution in [0.15, 0.2) is 97.3 Å². The molecule has 4 N–H and O–H groups in total. The zero-order chi connectivity index (χ0) is 29.5. The number of nitrogens with zero attached hydrogens (tertiary/aromatic N) is 3. The van der Waals surface area contributed by atoms with Gasteiger partial charge in [-0.05, 0) is 42.5 Å². The Morgan fingerprint density at radius 1 is 1.02 bits per heavy atom. The molecule has 0 unspecified atom stereocenters. The highest BCUT2D eigenvalue weighted by Gasteiger charge is 2.14. The topological polar surface area (TPSA) is 115 Å². The average Bonchev–Trinajstić information content (AvgIpc) is 3.42. The molecule has 2 amide bonds. The first-order valence-corrected chi connectivity index (χ1v) is 13.3. The number of carbonyl (C=O) groups is 2. The highest BCUT2D eigenvalue weighted by molar-refractivity contribution is 6.33. The zero-order valence-corrected chi connectivity index (χ0v) is 23.3. The number of carbonyl (C=O) groups excluding carboxylic acids is 2. The van der Waals surface area contributed by atoms with Crippen molar-refractivity contribution in [2.45, 2.75) is 0 Å². The molecule has 42 heavy (non-hydrogen) atoms. The molecule has 0 saturated carbocycles. The van der Waals surface area contributed by atoms with Crippen LogP contribution in [0.2, 0.25) is 5.02 Å². The first kappa shape index (κ1) is 28.0. The van der Waals surface area contributed by atoms with E-state index in [1.54, 1.807) is 66.7 Å². The molecule has 9 nitrogen and oxygen atoms in total. The lowest BCUT2D eigenvalue weighted by molar-refractivity contribution is -0.111. The van der Waals surface area contributed by atoms with E-state index < -0.39 is 0 Å². The van der Waals surface area contributed by atoms with Crippen molar-refractivity contribution in [3.8, 4) is 23.7 Å². The number of likely N-dealkylation sites (N-methyl/N-ethyl adjacent to an activating group) is 1. The van der Waals surface area contributed by atoms with Crippen molar-refractivity contribution in [2.24, 2.45) is 0 Å². The van der Waals surface area contributed by atoms with Crippen LogP contribution < -0.4 is 16.0 Å². The van der Waals surface area contributed by atoms with Crippen LogP contribution in [-0.2, 0) is 4.79 Å². The van der Waals surface area contributed by atoms with E-state index in [0.717, 1.165) is 16.5 Å². The van der Waals surface area contributed by atoms with Gasteiger partial charge in [-0.2, -0.15) is 0 Å². The number of amides is 2. The molecule has 0 aliphatic rings. The average molecular weight is 576 g/mol. The molecule has 2 heterocycles. The molecule has 0 aliphatic carbocycles. The maximum absolute atomic E-state index is 13.0. The van der Waals surface area contributed by atoms with E-state index in [0.29, 0.717) is 45.8 Å². The molecule has 2 aromatic heterocycles. The van der Waals surface area contributed by atoms with Crippen LogP contribution in [0.25, 0.3) is 22.2 Å². The summed E-state index contributed by atoms with van der Waals surface area (Å²) in [4.78, 5) is 39.0. The highest BCUT2D eigenvalue weighted by Crippen LogP contribution is 2.32. The van der Waals surface area contributed by atoms with Gasteiger partial charge in [0.2, 0.25) is 11.9 Å². The van der Waals surface area contributed by atoms with Crippen molar-refractivity contribution in [1.29, 1.82) is 0 Å². The van der Waals surface area contributed by atoms with Crippen LogP contribution in [0.1, 0.15) is 10.4 Å². The van der Waals surface area contributed by atoms with E-state index >= 15 is 0 Å². The minimum absolute atomic E-state index is 0.325. The fourth-order valence-corrected chi connectivity index (χ4v) is 4.38. The number of halogens is 1. The lowest BCUT2D eigenvalue weighted by atomic mass is 10.1. The van der Waals surface area contributed by atoms with Crippen molar-refractivity contribution in [3.63, 3.8) is 0 Å². The molecule has 0 radical (unpaired) electrons. The molecule has 0 fully saturated rings. The summed E-state index contributed by atoms with van der Waals surface area (Å²) < 4.78 is 0. The van der Waals surface area contributed by atoms with Gasteiger partial charge in [-0.25, -0.2) is 9.97 Å². The maximum atomic E-state index is 13.0. The number of hydrogen-bond donors (Lipinski definition) is 4. The quantitative estimate of drug-likeness (QED) is 0.0932. The van der Waals surface area contributed by atoms with Gasteiger partial charge in [-0.15, -0.1) is 0 Å². The molecule has 0 aliphatic heterocycles. The molecule has 0 saturated heterocycles. The third kappa shape index (κ3) is 6.75. The summed E-state index contributed by atoms with van der Waals surface area (Å²) >= 11 is 6.46. The van der Waals surface area contributed by atoms with Crippen LogP contribution in [0.3, 0.4) is 0 Å². The van der Waals surface area contributed by atoms with Gasteiger partial charge in [0.15, 0.2) is 0 Å². The molecule has 5 rings (SSSR count). The van der Waals surface area contributed by atoms with Gasteiger partial charge in [-0.1, -0.05) is 54.4 Å². The van der Waals surface area contributed by atoms with Gasteiger partial charge in [0, 0.05) is 71.0 Å². The normalized spacial score (nSPS) is 10.8. The van der Waals surface area contributed by atoms with Crippen molar-refractivity contribution in [3.05, 3.63) is 108 Å². The molecular weight excluding hydrogens is 550 g/mol. The molecule has 0 atom stereocenters. The number of aromatic amines is 1. The predicted molar refractivity (Wildman–Crippen MR) is 168 cm³/mol. The van der Waals surface area contributed by atoms with Gasteiger partial charge >= 0.3 is 0 Å². The summed E-state index contributed by atoms with van der Waals surface area (Å²) in [6.45, 7) is 0.440. The van der Waals surface area contributed by atoms with Crippen LogP contribution in [0.5, 0.6) is 0 Å². The number of terminal acetylenes is 1. The number of anilines is 4. The second kappa shape index (κ2) is 12.7. The number of fused-ring (bicyclic) bond motifs is 1. The molecule has 0 spiro atoms. The smallest absolute Gasteiger partial charge is 0.255 e. The fraction of sp³-hybridized carbons (Fsp3) is 0.0625. The van der Waals surface area contributed by atoms with Gasteiger partial charge in [0.05, 0.1) is 16.9 Å². The predicted octanol–water partition coefficient (Wildman–Crippen LogP) is 6.29. The molecule has 10 heteroatoms. The Balaban J connectivity index is 1.26. The Hall–Kier alpha value is -5.59. The molecule has 208 valence electrons. The molecular formula is C32H26ClN7O2. The maximum Gasteiger partial charge on any atom is 0.255 e. The van der Waals surface area contributed by atoms with E-state index in [1.165, 1.54) is 6.08 Å². The summed E-state index contributed by atoms with van der Waals surface area (Å²) in [6, 6.07) is 24.2. The van der Waals surface area contributed by atoms with E-state index in [1.807, 2.05) is 36.5 Å². The summed E-state index contributed by atoms with van der Waals surface area (Å²) in [7, 11) is 1.74. The standard InChI is InChI=1S/C32H26ClN7O2/c1-3-40(2)16-8-15-29(41)36-22-10-6-9-21(17-22)31(42)37-23-11-7-12-24(18-23)38-32-35-20-27(33)30(39-32)26-19-34-28-14-5-4-13-25(26)28/h1,4-15,17-20,34H,16H2,2H3,(H,36,41)(H,37,42)(H,35,38,39)/b15-8+. The van der Waals surface area contributed by atoms with Gasteiger partial charge in [-0.3, -0.25) is 9.59 Å². The minimum atomic E-state index is -0.334. The third-order valence-electron chi connectivity index (χ3n) is 6.23. The minimum Gasteiger partial charge on any atom is -0.360 e. The lowest BCUT2D eigenvalue weighted by Crippen LogP contribution is -2.14. The lowest BCUT2D eigenvalue weighted by Gasteiger charge is -2.11. The number of hydrogen-bond acceptors (Lipinski definition) is 6. The molecule has 5 aromatic rings. The van der Waals surface area contributed by atoms with Gasteiger partial charge in [0.1, 0.15) is 0 Å². The number of para-hydroxylation sites is 1. The number of aromatic nitrogens is 3. The molecule has 3 aromatic carbocycles. The first-order valence-electron chi connectivity index (χ1n) is 12.9. The number of nitrogens with one attached hydrogen (secondary N) is 4. The van der Waals surface area contributed by atoms with Crippen molar-refractivity contribution < 1.29 is 9.59 Å². The first-order chi connectivity index (χ1) is 20.4. The Morgan fingerprint density at radius 3 is 2.62 bits per heavy atom. The van der Waals surface area contributed by atoms with Crippen LogP contribution >= 0.6 is 11.6 Å². The number of rotatable bonds is 9.